The molecule has 0 aromatic heterocycles. The maximum atomic E-state index is 13.0. The lowest BCUT2D eigenvalue weighted by Crippen LogP contribution is -2.29. The van der Waals surface area contributed by atoms with Crippen molar-refractivity contribution in [3.63, 3.8) is 0 Å². The van der Waals surface area contributed by atoms with Crippen LogP contribution in [0.4, 0.5) is 5.69 Å². The number of rotatable bonds is 3. The van der Waals surface area contributed by atoms with Crippen LogP contribution < -0.4 is 4.90 Å². The largest absolute Gasteiger partial charge is 0.507 e. The molecule has 1 N–H and O–H groups in total. The minimum absolute atomic E-state index is 0.0449. The number of ketones is 1. The second-order valence-corrected chi connectivity index (χ2v) is 7.92. The van der Waals surface area contributed by atoms with Crippen molar-refractivity contribution in [2.45, 2.75) is 6.04 Å². The Kier molecular flexibility index (Phi) is 5.26. The molecule has 1 aliphatic heterocycles. The number of carbonyl (C=O) groups is 2. The van der Waals surface area contributed by atoms with E-state index >= 15 is 0 Å². The van der Waals surface area contributed by atoms with Crippen molar-refractivity contribution in [3.8, 4) is 0 Å². The summed E-state index contributed by atoms with van der Waals surface area (Å²) in [5.74, 6) is -1.65. The average Bonchev–Trinajstić information content (AvgIpc) is 2.99. The lowest BCUT2D eigenvalue weighted by Gasteiger charge is -2.25. The molecule has 0 aliphatic carbocycles. The van der Waals surface area contributed by atoms with Crippen LogP contribution in [-0.2, 0) is 9.59 Å². The first-order valence-corrected chi connectivity index (χ1v) is 10.0. The molecule has 29 heavy (non-hydrogen) atoms. The molecule has 144 valence electrons. The number of benzene rings is 3. The molecule has 6 heteroatoms. The van der Waals surface area contributed by atoms with Crippen molar-refractivity contribution in [1.82, 2.24) is 0 Å². The van der Waals surface area contributed by atoms with Crippen molar-refractivity contribution in [2.75, 3.05) is 4.90 Å². The zero-order valence-corrected chi connectivity index (χ0v) is 17.4. The molecule has 0 unspecified atom stereocenters. The fraction of sp³-hybridized carbons (Fsp3) is 0.0435. The zero-order chi connectivity index (χ0) is 20.5. The van der Waals surface area contributed by atoms with Gasteiger partial charge in [0.05, 0.1) is 11.6 Å². The molecule has 0 spiro atoms. The van der Waals surface area contributed by atoms with Crippen LogP contribution >= 0.6 is 27.5 Å². The summed E-state index contributed by atoms with van der Waals surface area (Å²) in [7, 11) is 0. The van der Waals surface area contributed by atoms with E-state index < -0.39 is 17.7 Å². The molecule has 4 rings (SSSR count). The highest BCUT2D eigenvalue weighted by Crippen LogP contribution is 2.42. The fourth-order valence-corrected chi connectivity index (χ4v) is 3.89. The molecule has 3 aromatic rings. The van der Waals surface area contributed by atoms with Gasteiger partial charge in [0.15, 0.2) is 0 Å². The minimum Gasteiger partial charge on any atom is -0.507 e. The van der Waals surface area contributed by atoms with Gasteiger partial charge in [-0.2, -0.15) is 0 Å². The number of halogens is 2. The van der Waals surface area contributed by atoms with Gasteiger partial charge < -0.3 is 5.11 Å². The molecule has 1 fully saturated rings. The summed E-state index contributed by atoms with van der Waals surface area (Å²) in [5.41, 5.74) is 1.70. The predicted molar refractivity (Wildman–Crippen MR) is 117 cm³/mol. The van der Waals surface area contributed by atoms with Gasteiger partial charge in [0, 0.05) is 20.7 Å². The summed E-state index contributed by atoms with van der Waals surface area (Å²) in [6.45, 7) is 0. The first-order valence-electron chi connectivity index (χ1n) is 8.85. The van der Waals surface area contributed by atoms with E-state index in [1.807, 2.05) is 30.3 Å². The van der Waals surface area contributed by atoms with Crippen LogP contribution in [0, 0.1) is 0 Å². The number of aliphatic hydroxyl groups is 1. The normalized spacial score (nSPS) is 18.3. The topological polar surface area (TPSA) is 57.6 Å². The van der Waals surface area contributed by atoms with Crippen LogP contribution in [0.25, 0.3) is 5.76 Å². The predicted octanol–water partition coefficient (Wildman–Crippen LogP) is 5.73. The van der Waals surface area contributed by atoms with Gasteiger partial charge in [-0.15, -0.1) is 0 Å². The van der Waals surface area contributed by atoms with Gasteiger partial charge in [-0.1, -0.05) is 76.1 Å². The quantitative estimate of drug-likeness (QED) is 0.303. The Labute approximate surface area is 181 Å². The van der Waals surface area contributed by atoms with E-state index in [4.69, 9.17) is 11.6 Å². The van der Waals surface area contributed by atoms with Crippen molar-refractivity contribution in [3.05, 3.63) is 105 Å². The Hall–Kier alpha value is -2.89. The number of carbonyl (C=O) groups excluding carboxylic acids is 2. The lowest BCUT2D eigenvalue weighted by atomic mass is 9.95. The van der Waals surface area contributed by atoms with Crippen LogP contribution in [0.1, 0.15) is 17.2 Å². The maximum Gasteiger partial charge on any atom is 0.300 e. The SMILES string of the molecule is O=C1C(=O)N(c2cccc(Cl)c2)[C@H](c2ccc(Br)cc2)/C1=C(\O)c1ccccc1. The van der Waals surface area contributed by atoms with Crippen LogP contribution in [0.15, 0.2) is 88.9 Å². The Morgan fingerprint density at radius 1 is 0.931 bits per heavy atom. The van der Waals surface area contributed by atoms with Crippen LogP contribution in [-0.4, -0.2) is 16.8 Å². The van der Waals surface area contributed by atoms with Crippen LogP contribution in [0.2, 0.25) is 5.02 Å². The van der Waals surface area contributed by atoms with Crippen molar-refractivity contribution >= 4 is 50.7 Å². The summed E-state index contributed by atoms with van der Waals surface area (Å²) < 4.78 is 0.865. The standard InChI is InChI=1S/C23H15BrClNO3/c24-16-11-9-14(10-12-16)20-19(21(27)15-5-2-1-3-6-15)22(28)23(29)26(20)18-8-4-7-17(25)13-18/h1-13,20,27H/b21-19+/t20-/m1/s1. The van der Waals surface area contributed by atoms with E-state index in [9.17, 15) is 14.7 Å². The molecule has 0 saturated carbocycles. The molecule has 1 saturated heterocycles. The van der Waals surface area contributed by atoms with E-state index in [2.05, 4.69) is 15.9 Å². The highest BCUT2D eigenvalue weighted by Gasteiger charge is 2.46. The highest BCUT2D eigenvalue weighted by atomic mass is 79.9. The van der Waals surface area contributed by atoms with E-state index in [0.29, 0.717) is 21.8 Å². The monoisotopic (exact) mass is 467 g/mol. The Balaban J connectivity index is 1.96. The number of hydrogen-bond acceptors (Lipinski definition) is 3. The van der Waals surface area contributed by atoms with E-state index in [-0.39, 0.29) is 11.3 Å². The van der Waals surface area contributed by atoms with Crippen molar-refractivity contribution in [2.24, 2.45) is 0 Å². The number of anilines is 1. The number of Topliss-reactive ketones (excluding diaryl/α,β-unsaturated/α-hetero) is 1. The third-order valence-corrected chi connectivity index (χ3v) is 5.53. The molecular formula is C23H15BrClNO3. The maximum absolute atomic E-state index is 13.0. The number of amides is 1. The highest BCUT2D eigenvalue weighted by molar-refractivity contribution is 9.10. The lowest BCUT2D eigenvalue weighted by molar-refractivity contribution is -0.132. The van der Waals surface area contributed by atoms with Gasteiger partial charge >= 0.3 is 0 Å². The molecule has 3 aromatic carbocycles. The van der Waals surface area contributed by atoms with E-state index in [0.717, 1.165) is 4.47 Å². The van der Waals surface area contributed by atoms with Gasteiger partial charge in [0.2, 0.25) is 0 Å². The summed E-state index contributed by atoms with van der Waals surface area (Å²) in [4.78, 5) is 27.4. The zero-order valence-electron chi connectivity index (χ0n) is 15.0. The van der Waals surface area contributed by atoms with Crippen LogP contribution in [0.5, 0.6) is 0 Å². The van der Waals surface area contributed by atoms with Crippen molar-refractivity contribution in [1.29, 1.82) is 0 Å². The first kappa shape index (κ1) is 19.4. The summed E-state index contributed by atoms with van der Waals surface area (Å²) in [6, 6.07) is 22.0. The summed E-state index contributed by atoms with van der Waals surface area (Å²) in [6.07, 6.45) is 0. The molecule has 0 radical (unpaired) electrons. The van der Waals surface area contributed by atoms with Gasteiger partial charge in [-0.3, -0.25) is 14.5 Å². The third-order valence-electron chi connectivity index (χ3n) is 4.76. The number of nitrogens with zero attached hydrogens (tertiary/aromatic N) is 1. The van der Waals surface area contributed by atoms with Crippen molar-refractivity contribution < 1.29 is 14.7 Å². The average molecular weight is 469 g/mol. The first-order chi connectivity index (χ1) is 14.0. The Morgan fingerprint density at radius 3 is 2.28 bits per heavy atom. The Bertz CT molecular complexity index is 1130. The molecular weight excluding hydrogens is 454 g/mol. The number of aliphatic hydroxyl groups excluding tert-OH is 1. The molecule has 1 heterocycles. The molecule has 4 nitrogen and oxygen atoms in total. The van der Waals surface area contributed by atoms with Crippen LogP contribution in [0.3, 0.4) is 0 Å². The van der Waals surface area contributed by atoms with Gasteiger partial charge in [0.25, 0.3) is 11.7 Å². The van der Waals surface area contributed by atoms with Gasteiger partial charge in [-0.05, 0) is 35.9 Å². The van der Waals surface area contributed by atoms with Gasteiger partial charge in [0.1, 0.15) is 5.76 Å². The fourth-order valence-electron chi connectivity index (χ4n) is 3.44. The molecule has 1 aliphatic rings. The second kappa shape index (κ2) is 7.85. The van der Waals surface area contributed by atoms with E-state index in [1.54, 1.807) is 48.5 Å². The third kappa shape index (κ3) is 3.59. The molecule has 0 bridgehead atoms. The van der Waals surface area contributed by atoms with E-state index in [1.165, 1.54) is 4.90 Å². The minimum atomic E-state index is -0.776. The summed E-state index contributed by atoms with van der Waals surface area (Å²) in [5, 5.41) is 11.4. The Morgan fingerprint density at radius 2 is 1.62 bits per heavy atom. The van der Waals surface area contributed by atoms with Gasteiger partial charge in [-0.25, -0.2) is 0 Å². The number of hydrogen-bond donors (Lipinski definition) is 1. The molecule has 1 amide bonds. The molecule has 1 atom stereocenters. The second-order valence-electron chi connectivity index (χ2n) is 6.57. The smallest absolute Gasteiger partial charge is 0.300 e. The summed E-state index contributed by atoms with van der Waals surface area (Å²) >= 11 is 9.53.